The van der Waals surface area contributed by atoms with Gasteiger partial charge in [0.1, 0.15) is 11.9 Å². The highest BCUT2D eigenvalue weighted by Crippen LogP contribution is 2.38. The Balaban J connectivity index is 1.42. The Morgan fingerprint density at radius 1 is 1.00 bits per heavy atom. The van der Waals surface area contributed by atoms with Crippen molar-refractivity contribution in [3.8, 4) is 11.5 Å². The first-order valence-electron chi connectivity index (χ1n) is 11.1. The van der Waals surface area contributed by atoms with Gasteiger partial charge in [-0.3, -0.25) is 15.1 Å². The molecule has 0 aliphatic carbocycles. The van der Waals surface area contributed by atoms with Crippen molar-refractivity contribution >= 4 is 40.4 Å². The molecule has 1 unspecified atom stereocenters. The van der Waals surface area contributed by atoms with E-state index in [1.807, 2.05) is 85.1 Å². The monoisotopic (exact) mass is 481 g/mol. The minimum absolute atomic E-state index is 0.0945. The number of nitrogens with one attached hydrogen (secondary N) is 1. The molecule has 0 saturated heterocycles. The minimum Gasteiger partial charge on any atom is -0.493 e. The van der Waals surface area contributed by atoms with E-state index in [1.54, 1.807) is 24.2 Å². The van der Waals surface area contributed by atoms with Crippen LogP contribution in [0.15, 0.2) is 94.8 Å². The first kappa shape index (κ1) is 22.7. The summed E-state index contributed by atoms with van der Waals surface area (Å²) in [4.78, 5) is 18.7. The highest BCUT2D eigenvalue weighted by molar-refractivity contribution is 8.17. The van der Waals surface area contributed by atoms with Crippen molar-refractivity contribution in [1.29, 1.82) is 5.41 Å². The fraction of sp³-hybridized carbons (Fsp3) is 0.107. The number of hydrogen-bond acceptors (Lipinski definition) is 5. The fourth-order valence-electron chi connectivity index (χ4n) is 3.93. The number of carbonyl (C=O) groups excluding carboxylic acids is 1. The van der Waals surface area contributed by atoms with Gasteiger partial charge < -0.3 is 9.47 Å². The Hall–Kier alpha value is -4.10. The third-order valence-corrected chi connectivity index (χ3v) is 6.58. The largest absolute Gasteiger partial charge is 0.493 e. The van der Waals surface area contributed by atoms with E-state index >= 15 is 0 Å². The zero-order valence-electron chi connectivity index (χ0n) is 19.3. The molecule has 7 heteroatoms. The van der Waals surface area contributed by atoms with E-state index in [0.717, 1.165) is 16.8 Å². The van der Waals surface area contributed by atoms with Gasteiger partial charge in [-0.15, -0.1) is 0 Å². The quantitative estimate of drug-likeness (QED) is 0.428. The minimum atomic E-state index is -0.437. The van der Waals surface area contributed by atoms with Crippen LogP contribution in [0.1, 0.15) is 29.7 Å². The lowest BCUT2D eigenvalue weighted by Gasteiger charge is -2.27. The molecule has 174 valence electrons. The van der Waals surface area contributed by atoms with Crippen LogP contribution in [0, 0.1) is 5.41 Å². The first-order valence-corrected chi connectivity index (χ1v) is 12.0. The Morgan fingerprint density at radius 2 is 1.71 bits per heavy atom. The molecule has 0 saturated carbocycles. The average molecular weight is 482 g/mol. The zero-order valence-corrected chi connectivity index (χ0v) is 20.1. The van der Waals surface area contributed by atoms with Crippen molar-refractivity contribution in [3.63, 3.8) is 0 Å². The van der Waals surface area contributed by atoms with E-state index in [2.05, 4.69) is 4.99 Å². The van der Waals surface area contributed by atoms with E-state index < -0.39 is 5.91 Å². The van der Waals surface area contributed by atoms with Gasteiger partial charge in [0, 0.05) is 5.41 Å². The number of hydrogen-bond donors (Lipinski definition) is 1. The van der Waals surface area contributed by atoms with Crippen LogP contribution in [-0.2, 0) is 4.79 Å². The van der Waals surface area contributed by atoms with Gasteiger partial charge in [0.25, 0.3) is 5.91 Å². The Kier molecular flexibility index (Phi) is 6.25. The lowest BCUT2D eigenvalue weighted by molar-refractivity contribution is -0.114. The number of carbonyl (C=O) groups is 1. The summed E-state index contributed by atoms with van der Waals surface area (Å²) in [7, 11) is 1.58. The van der Waals surface area contributed by atoms with Gasteiger partial charge in [-0.1, -0.05) is 78.5 Å². The predicted octanol–water partition coefficient (Wildman–Crippen LogP) is 6.14. The van der Waals surface area contributed by atoms with Crippen LogP contribution >= 0.6 is 11.8 Å². The molecule has 1 amide bonds. The van der Waals surface area contributed by atoms with E-state index in [-0.39, 0.29) is 17.5 Å². The van der Waals surface area contributed by atoms with Crippen molar-refractivity contribution in [1.82, 2.24) is 4.90 Å². The molecule has 2 aliphatic heterocycles. The number of methoxy groups -OCH3 is 1. The summed E-state index contributed by atoms with van der Waals surface area (Å²) < 4.78 is 11.7. The third kappa shape index (κ3) is 4.50. The van der Waals surface area contributed by atoms with Gasteiger partial charge in [0.05, 0.1) is 18.4 Å². The zero-order chi connectivity index (χ0) is 24.4. The molecule has 5 rings (SSSR count). The summed E-state index contributed by atoms with van der Waals surface area (Å²) in [6.07, 6.45) is 1.51. The molecule has 0 spiro atoms. The SMILES string of the molecule is COc1cc(/C=C2/C(=N)N3C(c4ccccc4)=CSC3=NC2=O)ccc1OC(C)c1ccccc1. The molecular weight excluding hydrogens is 458 g/mol. The molecule has 3 aromatic carbocycles. The molecule has 1 N–H and O–H groups in total. The maximum atomic E-state index is 12.8. The summed E-state index contributed by atoms with van der Waals surface area (Å²) >= 11 is 1.35. The molecular formula is C28H23N3O3S. The second-order valence-corrected chi connectivity index (χ2v) is 8.85. The standard InChI is InChI=1S/C28H23N3O3S/c1-18(20-9-5-3-6-10-20)34-24-14-13-19(16-25(24)33-2)15-22-26(29)31-23(21-11-7-4-8-12-21)17-35-28(31)30-27(22)32/h3-18,29H,1-2H3/b22-15-,29-26?. The molecule has 1 atom stereocenters. The van der Waals surface area contributed by atoms with Gasteiger partial charge >= 0.3 is 0 Å². The van der Waals surface area contributed by atoms with Crippen molar-refractivity contribution in [2.75, 3.05) is 7.11 Å². The number of ether oxygens (including phenoxy) is 2. The van der Waals surface area contributed by atoms with Crippen LogP contribution < -0.4 is 9.47 Å². The maximum absolute atomic E-state index is 12.8. The lowest BCUT2D eigenvalue weighted by atomic mass is 10.1. The van der Waals surface area contributed by atoms with Crippen molar-refractivity contribution in [2.45, 2.75) is 13.0 Å². The van der Waals surface area contributed by atoms with Gasteiger partial charge in [-0.05, 0) is 41.8 Å². The lowest BCUT2D eigenvalue weighted by Crippen LogP contribution is -2.38. The van der Waals surface area contributed by atoms with Crippen molar-refractivity contribution in [3.05, 3.63) is 107 Å². The number of amides is 1. The fourth-order valence-corrected chi connectivity index (χ4v) is 4.82. The number of aliphatic imine (C=N–C) groups is 1. The number of thioether (sulfide) groups is 1. The molecule has 0 radical (unpaired) electrons. The molecule has 2 aliphatic rings. The average Bonchev–Trinajstić information content (AvgIpc) is 3.32. The van der Waals surface area contributed by atoms with Gasteiger partial charge in [-0.25, -0.2) is 0 Å². The van der Waals surface area contributed by atoms with E-state index in [4.69, 9.17) is 14.9 Å². The predicted molar refractivity (Wildman–Crippen MR) is 140 cm³/mol. The van der Waals surface area contributed by atoms with Crippen LogP contribution in [0.2, 0.25) is 0 Å². The Labute approximate surface area is 208 Å². The van der Waals surface area contributed by atoms with Crippen LogP contribution in [0.4, 0.5) is 0 Å². The summed E-state index contributed by atoms with van der Waals surface area (Å²) in [6.45, 7) is 1.98. The summed E-state index contributed by atoms with van der Waals surface area (Å²) in [5, 5.41) is 11.2. The highest BCUT2D eigenvalue weighted by Gasteiger charge is 2.36. The summed E-state index contributed by atoms with van der Waals surface area (Å²) in [6, 6.07) is 25.2. The first-order chi connectivity index (χ1) is 17.0. The normalized spacial score (nSPS) is 17.1. The van der Waals surface area contributed by atoms with Crippen molar-refractivity contribution in [2.24, 2.45) is 4.99 Å². The number of benzene rings is 3. The third-order valence-electron chi connectivity index (χ3n) is 5.76. The van der Waals surface area contributed by atoms with Gasteiger partial charge in [-0.2, -0.15) is 4.99 Å². The highest BCUT2D eigenvalue weighted by atomic mass is 32.2. The topological polar surface area (TPSA) is 75.0 Å². The van der Waals surface area contributed by atoms with Crippen LogP contribution in [0.25, 0.3) is 11.8 Å². The number of amidine groups is 2. The molecule has 6 nitrogen and oxygen atoms in total. The van der Waals surface area contributed by atoms with Crippen LogP contribution in [-0.4, -0.2) is 28.9 Å². The Morgan fingerprint density at radius 3 is 2.43 bits per heavy atom. The van der Waals surface area contributed by atoms with Gasteiger partial charge in [0.2, 0.25) is 0 Å². The molecule has 0 bridgehead atoms. The van der Waals surface area contributed by atoms with Gasteiger partial charge in [0.15, 0.2) is 16.7 Å². The number of nitrogens with zero attached hydrogens (tertiary/aromatic N) is 2. The number of fused-ring (bicyclic) bond motifs is 1. The van der Waals surface area contributed by atoms with E-state index in [9.17, 15) is 4.79 Å². The maximum Gasteiger partial charge on any atom is 0.283 e. The van der Waals surface area contributed by atoms with Crippen LogP contribution in [0.3, 0.4) is 0 Å². The number of rotatable bonds is 6. The van der Waals surface area contributed by atoms with Crippen molar-refractivity contribution < 1.29 is 14.3 Å². The van der Waals surface area contributed by atoms with Crippen LogP contribution in [0.5, 0.6) is 11.5 Å². The molecule has 0 fully saturated rings. The summed E-state index contributed by atoms with van der Waals surface area (Å²) in [5.41, 5.74) is 3.77. The smallest absolute Gasteiger partial charge is 0.283 e. The molecule has 2 heterocycles. The second-order valence-electron chi connectivity index (χ2n) is 8.01. The van der Waals surface area contributed by atoms with E-state index in [1.165, 1.54) is 11.8 Å². The van der Waals surface area contributed by atoms with E-state index in [0.29, 0.717) is 22.2 Å². The Bertz CT molecular complexity index is 1380. The molecule has 0 aromatic heterocycles. The molecule has 35 heavy (non-hydrogen) atoms. The molecule has 3 aromatic rings. The summed E-state index contributed by atoms with van der Waals surface area (Å²) in [5.74, 6) is 0.801. The second kappa shape index (κ2) is 9.64.